The van der Waals surface area contributed by atoms with Gasteiger partial charge in [0, 0.05) is 6.42 Å². The van der Waals surface area contributed by atoms with Crippen LogP contribution in [0.3, 0.4) is 0 Å². The Balaban J connectivity index is 3.58. The lowest BCUT2D eigenvalue weighted by atomic mass is 10.0. The molecular weight excluding hydrogens is 221 g/mol. The fourth-order valence-electron chi connectivity index (χ4n) is 0.971. The lowest BCUT2D eigenvalue weighted by Gasteiger charge is -2.10. The molecule has 0 heterocycles. The van der Waals surface area contributed by atoms with Crippen LogP contribution in [0.1, 0.15) is 32.6 Å². The summed E-state index contributed by atoms with van der Waals surface area (Å²) in [4.78, 5) is 11.1. The molecule has 0 aromatic heterocycles. The molecule has 0 aromatic carbocycles. The molecule has 2 nitrogen and oxygen atoms in total. The van der Waals surface area contributed by atoms with Crippen LogP contribution < -0.4 is 0 Å². The lowest BCUT2D eigenvalue weighted by molar-refractivity contribution is -0.137. The molecule has 0 saturated heterocycles. The van der Waals surface area contributed by atoms with Crippen LogP contribution in [-0.2, 0) is 9.32 Å². The molecule has 0 saturated carbocycles. The average molecular weight is 236 g/mol. The third-order valence-corrected chi connectivity index (χ3v) is 2.46. The van der Waals surface area contributed by atoms with Gasteiger partial charge in [-0.15, -0.1) is 12.3 Å². The lowest BCUT2D eigenvalue weighted by Crippen LogP contribution is -2.11. The van der Waals surface area contributed by atoms with E-state index in [0.29, 0.717) is 6.42 Å². The average Bonchev–Trinajstić information content (AvgIpc) is 2.11. The zero-order valence-corrected chi connectivity index (χ0v) is 10.3. The molecule has 3 atom stereocenters. The molecule has 0 spiro atoms. The zero-order chi connectivity index (χ0) is 11.0. The number of rotatable bonds is 6. The van der Waals surface area contributed by atoms with Gasteiger partial charge in [0.05, 0.1) is 5.92 Å². The van der Waals surface area contributed by atoms with Crippen molar-refractivity contribution >= 4 is 23.0 Å². The predicted octanol–water partition coefficient (Wildman–Crippen LogP) is 3.43. The Kier molecular flexibility index (Phi) is 8.05. The molecule has 0 rings (SSSR count). The molecule has 2 unspecified atom stereocenters. The number of hydrogen-bond donors (Lipinski definition) is 0. The molecule has 5 heteroatoms. The molecule has 0 fully saturated rings. The summed E-state index contributed by atoms with van der Waals surface area (Å²) >= 11 is 0. The SMILES string of the molecule is C#CCCCC[C@@H](C)C(=O)OP(F)P. The van der Waals surface area contributed by atoms with Crippen molar-refractivity contribution in [1.29, 1.82) is 0 Å². The van der Waals surface area contributed by atoms with Crippen LogP contribution in [0.15, 0.2) is 0 Å². The van der Waals surface area contributed by atoms with Crippen molar-refractivity contribution in [1.82, 2.24) is 0 Å². The smallest absolute Gasteiger partial charge is 0.313 e. The third-order valence-electron chi connectivity index (χ3n) is 1.79. The van der Waals surface area contributed by atoms with Crippen molar-refractivity contribution in [2.24, 2.45) is 5.92 Å². The maximum Gasteiger partial charge on any atom is 0.313 e. The van der Waals surface area contributed by atoms with Gasteiger partial charge >= 0.3 is 5.97 Å². The minimum Gasteiger partial charge on any atom is -0.409 e. The summed E-state index contributed by atoms with van der Waals surface area (Å²) in [7, 11) is -0.318. The van der Waals surface area contributed by atoms with Crippen molar-refractivity contribution in [2.75, 3.05) is 0 Å². The van der Waals surface area contributed by atoms with Gasteiger partial charge in [0.25, 0.3) is 8.15 Å². The van der Waals surface area contributed by atoms with Gasteiger partial charge in [-0.2, -0.15) is 4.20 Å². The molecule has 0 aromatic rings. The number of carbonyl (C=O) groups is 1. The molecule has 0 radical (unpaired) electrons. The van der Waals surface area contributed by atoms with E-state index >= 15 is 0 Å². The van der Waals surface area contributed by atoms with E-state index in [1.165, 1.54) is 0 Å². The van der Waals surface area contributed by atoms with Crippen LogP contribution in [0.25, 0.3) is 0 Å². The Hall–Kier alpha value is -0.180. The Morgan fingerprint density at radius 3 is 2.86 bits per heavy atom. The molecule has 0 aliphatic carbocycles. The van der Waals surface area contributed by atoms with Crippen LogP contribution in [0.2, 0.25) is 0 Å². The Bertz CT molecular complexity index is 213. The Morgan fingerprint density at radius 1 is 1.71 bits per heavy atom. The van der Waals surface area contributed by atoms with E-state index < -0.39 is 14.1 Å². The molecule has 0 aliphatic heterocycles. The van der Waals surface area contributed by atoms with Gasteiger partial charge in [0.1, 0.15) is 0 Å². The number of halogens is 1. The second-order valence-corrected chi connectivity index (χ2v) is 4.98. The second-order valence-electron chi connectivity index (χ2n) is 3.03. The van der Waals surface area contributed by atoms with Crippen LogP contribution in [0.5, 0.6) is 0 Å². The van der Waals surface area contributed by atoms with Crippen molar-refractivity contribution in [2.45, 2.75) is 32.6 Å². The summed E-state index contributed by atoms with van der Waals surface area (Å²) < 4.78 is 16.8. The highest BCUT2D eigenvalue weighted by molar-refractivity contribution is 8.08. The molecule has 0 amide bonds. The summed E-state index contributed by atoms with van der Waals surface area (Å²) in [6, 6.07) is 0. The number of hydrogen-bond acceptors (Lipinski definition) is 2. The first kappa shape index (κ1) is 13.8. The molecular formula is C9H15FO2P2. The first-order valence-electron chi connectivity index (χ1n) is 4.43. The molecule has 14 heavy (non-hydrogen) atoms. The van der Waals surface area contributed by atoms with E-state index in [4.69, 9.17) is 6.42 Å². The third kappa shape index (κ3) is 7.25. The standard InChI is InChI=1S/C9H15FO2P2/c1-3-4-5-6-7-8(2)9(11)12-14(10)13/h1,8H,4-7,13H2,2H3/t8-,14?/m1/s1. The zero-order valence-electron chi connectivity index (χ0n) is 8.20. The van der Waals surface area contributed by atoms with Gasteiger partial charge in [-0.25, -0.2) is 0 Å². The van der Waals surface area contributed by atoms with Crippen molar-refractivity contribution < 1.29 is 13.5 Å². The van der Waals surface area contributed by atoms with E-state index in [2.05, 4.69) is 10.4 Å². The summed E-state index contributed by atoms with van der Waals surface area (Å²) in [5, 5.41) is 0. The number of carbonyl (C=O) groups excluding carboxylic acids is 1. The highest BCUT2D eigenvalue weighted by Gasteiger charge is 2.16. The first-order valence-corrected chi connectivity index (χ1v) is 7.20. The van der Waals surface area contributed by atoms with Gasteiger partial charge in [-0.3, -0.25) is 4.79 Å². The fourth-order valence-corrected chi connectivity index (χ4v) is 1.63. The van der Waals surface area contributed by atoms with E-state index in [9.17, 15) is 8.99 Å². The van der Waals surface area contributed by atoms with Gasteiger partial charge in [-0.1, -0.05) is 13.3 Å². The monoisotopic (exact) mass is 236 g/mol. The quantitative estimate of drug-likeness (QED) is 0.401. The van der Waals surface area contributed by atoms with E-state index in [1.54, 1.807) is 6.92 Å². The van der Waals surface area contributed by atoms with Crippen LogP contribution in [-0.4, -0.2) is 5.97 Å². The highest BCUT2D eigenvalue weighted by Crippen LogP contribution is 2.47. The van der Waals surface area contributed by atoms with Crippen molar-refractivity contribution in [3.8, 4) is 12.3 Å². The second kappa shape index (κ2) is 8.16. The Morgan fingerprint density at radius 2 is 2.36 bits per heavy atom. The topological polar surface area (TPSA) is 26.3 Å². The molecule has 0 bridgehead atoms. The summed E-state index contributed by atoms with van der Waals surface area (Å²) in [5.41, 5.74) is 0. The van der Waals surface area contributed by atoms with Crippen LogP contribution >= 0.6 is 17.1 Å². The van der Waals surface area contributed by atoms with Crippen molar-refractivity contribution in [3.05, 3.63) is 0 Å². The van der Waals surface area contributed by atoms with Gasteiger partial charge in [-0.05, 0) is 21.8 Å². The molecule has 0 N–H and O–H groups in total. The van der Waals surface area contributed by atoms with E-state index in [1.807, 2.05) is 8.93 Å². The maximum absolute atomic E-state index is 12.3. The summed E-state index contributed by atoms with van der Waals surface area (Å²) in [6.07, 6.45) is 8.28. The van der Waals surface area contributed by atoms with E-state index in [-0.39, 0.29) is 5.92 Å². The van der Waals surface area contributed by atoms with E-state index in [0.717, 1.165) is 19.3 Å². The predicted molar refractivity (Wildman–Crippen MR) is 60.3 cm³/mol. The first-order chi connectivity index (χ1) is 6.57. The van der Waals surface area contributed by atoms with Crippen molar-refractivity contribution in [3.63, 3.8) is 0 Å². The maximum atomic E-state index is 12.3. The number of terminal acetylenes is 1. The number of unbranched alkanes of at least 4 members (excludes halogenated alkanes) is 2. The highest BCUT2D eigenvalue weighted by atomic mass is 32.0. The summed E-state index contributed by atoms with van der Waals surface area (Å²) in [6.45, 7) is 1.74. The van der Waals surface area contributed by atoms with Gasteiger partial charge < -0.3 is 4.52 Å². The molecule has 80 valence electrons. The minimum absolute atomic E-state index is 0.242. The van der Waals surface area contributed by atoms with Crippen LogP contribution in [0, 0.1) is 18.3 Å². The normalized spacial score (nSPS) is 14.1. The molecule has 0 aliphatic rings. The van der Waals surface area contributed by atoms with Gasteiger partial charge in [0.2, 0.25) is 0 Å². The minimum atomic E-state index is -2.16. The Labute approximate surface area is 88.0 Å². The fraction of sp³-hybridized carbons (Fsp3) is 0.667. The summed E-state index contributed by atoms with van der Waals surface area (Å²) in [5.74, 6) is 1.82. The largest absolute Gasteiger partial charge is 0.409 e. The van der Waals surface area contributed by atoms with Crippen LogP contribution in [0.4, 0.5) is 4.20 Å². The van der Waals surface area contributed by atoms with Gasteiger partial charge in [0.15, 0.2) is 0 Å².